The Kier molecular flexibility index (Phi) is 5.97. The van der Waals surface area contributed by atoms with Gasteiger partial charge in [0.25, 0.3) is 0 Å². The smallest absolute Gasteiger partial charge is 0.217 e. The first-order valence-electron chi connectivity index (χ1n) is 5.70. The number of nitrogens with one attached hydrogen (secondary N) is 1. The van der Waals surface area contributed by atoms with Gasteiger partial charge in [-0.25, -0.2) is 0 Å². The summed E-state index contributed by atoms with van der Waals surface area (Å²) in [5, 5.41) is 12.8. The van der Waals surface area contributed by atoms with Crippen molar-refractivity contribution in [2.45, 2.75) is 37.6 Å². The van der Waals surface area contributed by atoms with E-state index < -0.39 is 30.6 Å². The molecule has 0 aromatic rings. The van der Waals surface area contributed by atoms with Crippen molar-refractivity contribution >= 4 is 5.91 Å². The Balaban J connectivity index is 2.84. The highest BCUT2D eigenvalue weighted by molar-refractivity contribution is 5.73. The van der Waals surface area contributed by atoms with Crippen LogP contribution in [-0.2, 0) is 23.7 Å². The number of aliphatic hydroxyl groups excluding tert-OH is 1. The van der Waals surface area contributed by atoms with Crippen LogP contribution in [0.4, 0.5) is 0 Å². The molecule has 0 spiro atoms. The Hall–Kier alpha value is -0.730. The summed E-state index contributed by atoms with van der Waals surface area (Å²) in [4.78, 5) is 11.2. The third-order valence-electron chi connectivity index (χ3n) is 2.88. The highest BCUT2D eigenvalue weighted by Crippen LogP contribution is 2.24. The molecule has 2 N–H and O–H groups in total. The lowest BCUT2D eigenvalue weighted by Gasteiger charge is -2.43. The number of ether oxygens (including phenoxy) is 4. The summed E-state index contributed by atoms with van der Waals surface area (Å²) in [7, 11) is 4.44. The maximum atomic E-state index is 11.2. The van der Waals surface area contributed by atoms with Crippen molar-refractivity contribution in [2.24, 2.45) is 0 Å². The summed E-state index contributed by atoms with van der Waals surface area (Å²) in [5.74, 6) is -0.245. The Labute approximate surface area is 106 Å². The van der Waals surface area contributed by atoms with E-state index in [9.17, 15) is 9.90 Å². The molecular formula is C11H21NO6. The zero-order valence-corrected chi connectivity index (χ0v) is 11.1. The van der Waals surface area contributed by atoms with Crippen LogP contribution in [0.5, 0.6) is 0 Å². The Morgan fingerprint density at radius 3 is 2.44 bits per heavy atom. The minimum atomic E-state index is -0.904. The van der Waals surface area contributed by atoms with E-state index >= 15 is 0 Å². The fourth-order valence-corrected chi connectivity index (χ4v) is 2.09. The van der Waals surface area contributed by atoms with Crippen LogP contribution in [0.1, 0.15) is 6.92 Å². The minimum absolute atomic E-state index is 0.216. The zero-order valence-electron chi connectivity index (χ0n) is 11.1. The van der Waals surface area contributed by atoms with Gasteiger partial charge >= 0.3 is 0 Å². The van der Waals surface area contributed by atoms with Gasteiger partial charge in [-0.2, -0.15) is 0 Å². The maximum absolute atomic E-state index is 11.2. The third kappa shape index (κ3) is 3.39. The molecule has 106 valence electrons. The van der Waals surface area contributed by atoms with E-state index in [1.54, 1.807) is 0 Å². The van der Waals surface area contributed by atoms with Crippen molar-refractivity contribution in [1.29, 1.82) is 0 Å². The van der Waals surface area contributed by atoms with Crippen LogP contribution in [0.3, 0.4) is 0 Å². The van der Waals surface area contributed by atoms with E-state index in [2.05, 4.69) is 5.32 Å². The lowest BCUT2D eigenvalue weighted by molar-refractivity contribution is -0.267. The molecule has 0 aliphatic carbocycles. The molecule has 1 aliphatic heterocycles. The van der Waals surface area contributed by atoms with Gasteiger partial charge in [-0.05, 0) is 0 Å². The van der Waals surface area contributed by atoms with Crippen LogP contribution >= 0.6 is 0 Å². The number of aliphatic hydroxyl groups is 1. The summed E-state index contributed by atoms with van der Waals surface area (Å²) in [6.07, 6.45) is -2.77. The molecular weight excluding hydrogens is 242 g/mol. The van der Waals surface area contributed by atoms with Gasteiger partial charge in [0.15, 0.2) is 6.29 Å². The van der Waals surface area contributed by atoms with Crippen LogP contribution < -0.4 is 5.32 Å². The van der Waals surface area contributed by atoms with E-state index in [4.69, 9.17) is 18.9 Å². The first-order chi connectivity index (χ1) is 8.54. The number of amides is 1. The molecule has 0 aromatic heterocycles. The normalized spacial score (nSPS) is 36.4. The highest BCUT2D eigenvalue weighted by atomic mass is 16.7. The van der Waals surface area contributed by atoms with Gasteiger partial charge < -0.3 is 29.4 Å². The van der Waals surface area contributed by atoms with Crippen LogP contribution in [0, 0.1) is 0 Å². The van der Waals surface area contributed by atoms with E-state index in [1.165, 1.54) is 28.3 Å². The van der Waals surface area contributed by atoms with Crippen LogP contribution in [0.2, 0.25) is 0 Å². The minimum Gasteiger partial charge on any atom is -0.388 e. The second-order valence-electron chi connectivity index (χ2n) is 4.15. The molecule has 0 radical (unpaired) electrons. The van der Waals surface area contributed by atoms with Crippen molar-refractivity contribution in [1.82, 2.24) is 5.32 Å². The van der Waals surface area contributed by atoms with E-state index in [0.717, 1.165) is 0 Å². The zero-order chi connectivity index (χ0) is 13.7. The largest absolute Gasteiger partial charge is 0.388 e. The molecule has 0 bridgehead atoms. The highest BCUT2D eigenvalue weighted by Gasteiger charge is 2.46. The summed E-state index contributed by atoms with van der Waals surface area (Å²) in [5.41, 5.74) is 0. The molecule has 1 heterocycles. The molecule has 1 saturated heterocycles. The number of methoxy groups -OCH3 is 3. The third-order valence-corrected chi connectivity index (χ3v) is 2.88. The van der Waals surface area contributed by atoms with Crippen molar-refractivity contribution in [3.8, 4) is 0 Å². The van der Waals surface area contributed by atoms with Crippen LogP contribution in [0.25, 0.3) is 0 Å². The Bertz CT molecular complexity index is 274. The Morgan fingerprint density at radius 2 is 2.00 bits per heavy atom. The van der Waals surface area contributed by atoms with Gasteiger partial charge in [0.1, 0.15) is 24.4 Å². The molecule has 18 heavy (non-hydrogen) atoms. The summed E-state index contributed by atoms with van der Waals surface area (Å²) < 4.78 is 20.9. The van der Waals surface area contributed by atoms with Gasteiger partial charge in [-0.3, -0.25) is 4.79 Å². The van der Waals surface area contributed by atoms with Crippen LogP contribution in [-0.4, -0.2) is 69.6 Å². The molecule has 0 aromatic carbocycles. The molecule has 0 unspecified atom stereocenters. The van der Waals surface area contributed by atoms with Crippen molar-refractivity contribution < 1.29 is 28.8 Å². The number of hydrogen-bond acceptors (Lipinski definition) is 6. The first-order valence-corrected chi connectivity index (χ1v) is 5.70. The maximum Gasteiger partial charge on any atom is 0.217 e. The molecule has 1 amide bonds. The SMILES string of the molecule is COC[C@@H]1O[C@@H](OC)[C@@H](NC(C)=O)[C@@H](OC)[C@@H]1O. The molecule has 1 rings (SSSR count). The monoisotopic (exact) mass is 263 g/mol. The first kappa shape index (κ1) is 15.3. The molecule has 1 aliphatic rings. The van der Waals surface area contributed by atoms with Gasteiger partial charge in [0.2, 0.25) is 5.91 Å². The fraction of sp³-hybridized carbons (Fsp3) is 0.909. The average Bonchev–Trinajstić information content (AvgIpc) is 2.32. The van der Waals surface area contributed by atoms with Crippen molar-refractivity contribution in [2.75, 3.05) is 27.9 Å². The van der Waals surface area contributed by atoms with E-state index in [0.29, 0.717) is 0 Å². The molecule has 7 nitrogen and oxygen atoms in total. The Morgan fingerprint density at radius 1 is 1.33 bits per heavy atom. The summed E-state index contributed by atoms with van der Waals surface area (Å²) in [6.45, 7) is 1.60. The van der Waals surface area contributed by atoms with Crippen molar-refractivity contribution in [3.63, 3.8) is 0 Å². The quantitative estimate of drug-likeness (QED) is 0.654. The molecule has 1 fully saturated rings. The lowest BCUT2D eigenvalue weighted by Crippen LogP contribution is -2.65. The number of carbonyl (C=O) groups is 1. The van der Waals surface area contributed by atoms with Crippen molar-refractivity contribution in [3.05, 3.63) is 0 Å². The predicted octanol–water partition coefficient (Wildman–Crippen LogP) is -1.12. The summed E-state index contributed by atoms with van der Waals surface area (Å²) >= 11 is 0. The molecule has 0 saturated carbocycles. The summed E-state index contributed by atoms with van der Waals surface area (Å²) in [6, 6.07) is -0.569. The second kappa shape index (κ2) is 7.01. The van der Waals surface area contributed by atoms with E-state index in [-0.39, 0.29) is 12.5 Å². The predicted molar refractivity (Wildman–Crippen MR) is 62.0 cm³/mol. The standard InChI is InChI=1S/C11H21NO6/c1-6(13)12-8-10(16-3)9(14)7(5-15-2)18-11(8)17-4/h7-11,14H,5H2,1-4H3,(H,12,13)/t7-,8-,9+,10+,11+/m0/s1. The average molecular weight is 263 g/mol. The fourth-order valence-electron chi connectivity index (χ4n) is 2.09. The van der Waals surface area contributed by atoms with E-state index in [1.807, 2.05) is 0 Å². The number of hydrogen-bond donors (Lipinski definition) is 2. The molecule has 5 atom stereocenters. The number of rotatable bonds is 5. The van der Waals surface area contributed by atoms with Gasteiger partial charge in [0, 0.05) is 28.3 Å². The van der Waals surface area contributed by atoms with Gasteiger partial charge in [-0.1, -0.05) is 0 Å². The van der Waals surface area contributed by atoms with Gasteiger partial charge in [0.05, 0.1) is 6.61 Å². The molecule has 7 heteroatoms. The number of carbonyl (C=O) groups excluding carboxylic acids is 1. The van der Waals surface area contributed by atoms with Gasteiger partial charge in [-0.15, -0.1) is 0 Å². The topological polar surface area (TPSA) is 86.2 Å². The van der Waals surface area contributed by atoms with Crippen LogP contribution in [0.15, 0.2) is 0 Å². The second-order valence-corrected chi connectivity index (χ2v) is 4.15. The lowest BCUT2D eigenvalue weighted by atomic mass is 9.96.